The maximum Gasteiger partial charge on any atom is 0.269 e. The quantitative estimate of drug-likeness (QED) is 0.516. The summed E-state index contributed by atoms with van der Waals surface area (Å²) in [5.74, 6) is -1.69. The van der Waals surface area contributed by atoms with Crippen molar-refractivity contribution >= 4 is 29.1 Å². The number of carbonyl (C=O) groups excluding carboxylic acids is 3. The minimum atomic E-state index is -0.567. The predicted octanol–water partition coefficient (Wildman–Crippen LogP) is 1.95. The van der Waals surface area contributed by atoms with E-state index < -0.39 is 22.6 Å². The number of rotatable bonds is 8. The first-order valence-corrected chi connectivity index (χ1v) is 8.58. The Kier molecular flexibility index (Phi) is 7.35. The molecule has 0 unspecified atom stereocenters. The van der Waals surface area contributed by atoms with Crippen LogP contribution < -0.4 is 10.6 Å². The summed E-state index contributed by atoms with van der Waals surface area (Å²) in [6.45, 7) is -0.162. The number of likely N-dealkylation sites (N-methyl/N-ethyl adjacent to an activating group) is 1. The van der Waals surface area contributed by atoms with Crippen molar-refractivity contribution < 1.29 is 23.7 Å². The average Bonchev–Trinajstić information content (AvgIpc) is 2.69. The smallest absolute Gasteiger partial charge is 0.269 e. The lowest BCUT2D eigenvalue weighted by Gasteiger charge is -2.17. The molecule has 0 aliphatic heterocycles. The van der Waals surface area contributed by atoms with Crippen molar-refractivity contribution in [2.24, 2.45) is 0 Å². The fraction of sp³-hybridized carbons (Fsp3) is 0.211. The van der Waals surface area contributed by atoms with Gasteiger partial charge in [-0.05, 0) is 36.4 Å². The predicted molar refractivity (Wildman–Crippen MR) is 103 cm³/mol. The molecule has 0 atom stereocenters. The summed E-state index contributed by atoms with van der Waals surface area (Å²) >= 11 is 0. The molecule has 9 nitrogen and oxygen atoms in total. The van der Waals surface area contributed by atoms with Crippen molar-refractivity contribution in [1.29, 1.82) is 0 Å². The summed E-state index contributed by atoms with van der Waals surface area (Å²) in [5.41, 5.74) is 0.514. The Labute approximate surface area is 165 Å². The van der Waals surface area contributed by atoms with E-state index in [0.717, 1.165) is 0 Å². The lowest BCUT2D eigenvalue weighted by atomic mass is 10.2. The molecule has 0 spiro atoms. The number of nitrogens with zero attached hydrogens (tertiary/aromatic N) is 2. The number of anilines is 1. The zero-order chi connectivity index (χ0) is 21.4. The number of halogens is 1. The zero-order valence-electron chi connectivity index (χ0n) is 15.6. The second-order valence-corrected chi connectivity index (χ2v) is 6.11. The highest BCUT2D eigenvalue weighted by Gasteiger charge is 2.14. The van der Waals surface area contributed by atoms with Gasteiger partial charge < -0.3 is 15.5 Å². The first-order valence-electron chi connectivity index (χ1n) is 8.58. The molecule has 0 heterocycles. The molecular weight excluding hydrogens is 383 g/mol. The van der Waals surface area contributed by atoms with Crippen LogP contribution in [0.25, 0.3) is 0 Å². The van der Waals surface area contributed by atoms with Gasteiger partial charge in [0, 0.05) is 43.4 Å². The molecule has 0 aliphatic carbocycles. The molecule has 29 heavy (non-hydrogen) atoms. The van der Waals surface area contributed by atoms with Crippen LogP contribution in [0.4, 0.5) is 15.8 Å². The second-order valence-electron chi connectivity index (χ2n) is 6.11. The van der Waals surface area contributed by atoms with Gasteiger partial charge in [-0.15, -0.1) is 0 Å². The van der Waals surface area contributed by atoms with Gasteiger partial charge in [0.15, 0.2) is 0 Å². The lowest BCUT2D eigenvalue weighted by Crippen LogP contribution is -2.37. The minimum Gasteiger partial charge on any atom is -0.352 e. The van der Waals surface area contributed by atoms with E-state index in [4.69, 9.17) is 0 Å². The van der Waals surface area contributed by atoms with Gasteiger partial charge in [-0.1, -0.05) is 0 Å². The highest BCUT2D eigenvalue weighted by molar-refractivity contribution is 5.95. The van der Waals surface area contributed by atoms with Crippen LogP contribution in [0.15, 0.2) is 48.5 Å². The molecule has 3 amide bonds. The first kappa shape index (κ1) is 21.5. The molecule has 0 aromatic heterocycles. The summed E-state index contributed by atoms with van der Waals surface area (Å²) in [5, 5.41) is 15.7. The molecule has 0 saturated heterocycles. The molecular formula is C19H19FN4O5. The summed E-state index contributed by atoms with van der Waals surface area (Å²) in [6, 6.07) is 10.3. The van der Waals surface area contributed by atoms with Gasteiger partial charge in [0.2, 0.25) is 11.8 Å². The summed E-state index contributed by atoms with van der Waals surface area (Å²) in [4.78, 5) is 47.2. The third-order valence-corrected chi connectivity index (χ3v) is 3.90. The number of nitro benzene ring substituents is 1. The molecule has 0 saturated carbocycles. The number of carbonyl (C=O) groups is 3. The lowest BCUT2D eigenvalue weighted by molar-refractivity contribution is -0.384. The van der Waals surface area contributed by atoms with Crippen LogP contribution in [0.3, 0.4) is 0 Å². The van der Waals surface area contributed by atoms with E-state index in [1.165, 1.54) is 60.5 Å². The first-order chi connectivity index (χ1) is 13.8. The number of nitrogens with one attached hydrogen (secondary N) is 2. The van der Waals surface area contributed by atoms with Crippen molar-refractivity contribution in [2.45, 2.75) is 6.42 Å². The standard InChI is InChI=1S/C19H19FN4O5/c1-23(12-17(25)22-15-6-4-14(20)5-7-15)18(26)10-11-21-19(27)13-2-8-16(9-3-13)24(28)29/h2-9H,10-12H2,1H3,(H,21,27)(H,22,25). The molecule has 0 aliphatic rings. The van der Waals surface area contributed by atoms with Crippen molar-refractivity contribution in [3.05, 3.63) is 70.0 Å². The fourth-order valence-electron chi connectivity index (χ4n) is 2.35. The molecule has 2 aromatic rings. The van der Waals surface area contributed by atoms with Gasteiger partial charge in [-0.2, -0.15) is 0 Å². The highest BCUT2D eigenvalue weighted by atomic mass is 19.1. The second kappa shape index (κ2) is 9.93. The Bertz CT molecular complexity index is 900. The largest absolute Gasteiger partial charge is 0.352 e. The Morgan fingerprint density at radius 1 is 1.07 bits per heavy atom. The van der Waals surface area contributed by atoms with Gasteiger partial charge in [0.1, 0.15) is 5.82 Å². The number of benzene rings is 2. The van der Waals surface area contributed by atoms with Gasteiger partial charge in [-0.3, -0.25) is 24.5 Å². The average molecular weight is 402 g/mol. The number of amides is 3. The molecule has 0 radical (unpaired) electrons. The number of nitro groups is 1. The summed E-state index contributed by atoms with van der Waals surface area (Å²) < 4.78 is 12.9. The normalized spacial score (nSPS) is 10.1. The number of hydrogen-bond donors (Lipinski definition) is 2. The van der Waals surface area contributed by atoms with Gasteiger partial charge >= 0.3 is 0 Å². The van der Waals surface area contributed by atoms with Crippen LogP contribution in [0, 0.1) is 15.9 Å². The van der Waals surface area contributed by atoms with Crippen LogP contribution in [-0.2, 0) is 9.59 Å². The van der Waals surface area contributed by atoms with Crippen molar-refractivity contribution in [1.82, 2.24) is 10.2 Å². The zero-order valence-corrected chi connectivity index (χ0v) is 15.6. The van der Waals surface area contributed by atoms with E-state index in [-0.39, 0.29) is 36.7 Å². The van der Waals surface area contributed by atoms with E-state index in [9.17, 15) is 28.9 Å². The van der Waals surface area contributed by atoms with Gasteiger partial charge in [-0.25, -0.2) is 4.39 Å². The van der Waals surface area contributed by atoms with Crippen LogP contribution in [0.1, 0.15) is 16.8 Å². The van der Waals surface area contributed by atoms with Gasteiger partial charge in [0.25, 0.3) is 11.6 Å². The maximum absolute atomic E-state index is 12.9. The topological polar surface area (TPSA) is 122 Å². The monoisotopic (exact) mass is 402 g/mol. The van der Waals surface area contributed by atoms with Crippen LogP contribution in [0.2, 0.25) is 0 Å². The van der Waals surface area contributed by atoms with Crippen LogP contribution in [0.5, 0.6) is 0 Å². The van der Waals surface area contributed by atoms with Crippen molar-refractivity contribution in [3.8, 4) is 0 Å². The maximum atomic E-state index is 12.9. The molecule has 10 heteroatoms. The molecule has 2 N–H and O–H groups in total. The van der Waals surface area contributed by atoms with E-state index in [0.29, 0.717) is 5.69 Å². The van der Waals surface area contributed by atoms with E-state index >= 15 is 0 Å². The van der Waals surface area contributed by atoms with Crippen molar-refractivity contribution in [3.63, 3.8) is 0 Å². The van der Waals surface area contributed by atoms with E-state index in [2.05, 4.69) is 10.6 Å². The summed E-state index contributed by atoms with van der Waals surface area (Å²) in [7, 11) is 1.45. The number of hydrogen-bond acceptors (Lipinski definition) is 5. The highest BCUT2D eigenvalue weighted by Crippen LogP contribution is 2.12. The minimum absolute atomic E-state index is 0.0287. The fourth-order valence-corrected chi connectivity index (χ4v) is 2.35. The number of non-ortho nitro benzene ring substituents is 1. The molecule has 2 rings (SSSR count). The molecule has 2 aromatic carbocycles. The molecule has 152 valence electrons. The third kappa shape index (κ3) is 6.69. The summed E-state index contributed by atoms with van der Waals surface area (Å²) in [6.07, 6.45) is -0.0287. The van der Waals surface area contributed by atoms with Crippen LogP contribution in [-0.4, -0.2) is 47.7 Å². The van der Waals surface area contributed by atoms with E-state index in [1.807, 2.05) is 0 Å². The molecule has 0 fully saturated rings. The Morgan fingerprint density at radius 2 is 1.69 bits per heavy atom. The van der Waals surface area contributed by atoms with Gasteiger partial charge in [0.05, 0.1) is 11.5 Å². The molecule has 0 bridgehead atoms. The SMILES string of the molecule is CN(CC(=O)Nc1ccc(F)cc1)C(=O)CCNC(=O)c1ccc([N+](=O)[O-])cc1. The van der Waals surface area contributed by atoms with E-state index in [1.54, 1.807) is 0 Å². The van der Waals surface area contributed by atoms with Crippen molar-refractivity contribution in [2.75, 3.05) is 25.5 Å². The Hall–Kier alpha value is -3.82. The van der Waals surface area contributed by atoms with Crippen LogP contribution >= 0.6 is 0 Å². The Morgan fingerprint density at radius 3 is 2.28 bits per heavy atom. The third-order valence-electron chi connectivity index (χ3n) is 3.90. The Balaban J connectivity index is 1.74.